The van der Waals surface area contributed by atoms with Crippen molar-refractivity contribution in [2.75, 3.05) is 13.2 Å². The number of carbonyl (C=O) groups is 3. The number of esters is 3. The minimum atomic E-state index is -0.760. The molecule has 0 aromatic carbocycles. The summed E-state index contributed by atoms with van der Waals surface area (Å²) in [7, 11) is 0. The summed E-state index contributed by atoms with van der Waals surface area (Å²) < 4.78 is 16.8. The molecular weight excluding hydrogens is 757 g/mol. The van der Waals surface area contributed by atoms with E-state index in [1.807, 2.05) is 0 Å². The van der Waals surface area contributed by atoms with Crippen LogP contribution in [-0.4, -0.2) is 37.2 Å². The molecule has 0 saturated carbocycles. The summed E-state index contributed by atoms with van der Waals surface area (Å²) in [5.41, 5.74) is 0. The molecule has 0 unspecified atom stereocenters. The maximum Gasteiger partial charge on any atom is 0.306 e. The van der Waals surface area contributed by atoms with E-state index in [0.717, 1.165) is 63.7 Å². The second-order valence-corrected chi connectivity index (χ2v) is 19.3. The number of unbranched alkanes of at least 4 members (excludes halogenated alkanes) is 37. The van der Waals surface area contributed by atoms with E-state index >= 15 is 0 Å². The Morgan fingerprint density at radius 1 is 0.311 bits per heavy atom. The number of hydrogen-bond donors (Lipinski definition) is 0. The zero-order chi connectivity index (χ0) is 44.5. The molecule has 0 rings (SSSR count). The Morgan fingerprint density at radius 2 is 0.541 bits per heavy atom. The van der Waals surface area contributed by atoms with E-state index in [2.05, 4.69) is 27.7 Å². The number of ether oxygens (including phenoxy) is 3. The molecule has 0 aromatic heterocycles. The molecular formula is C55H106O6. The fraction of sp³-hybridized carbons (Fsp3) is 0.945. The number of rotatable bonds is 50. The predicted octanol–water partition coefficient (Wildman–Crippen LogP) is 17.8. The lowest BCUT2D eigenvalue weighted by molar-refractivity contribution is -0.167. The van der Waals surface area contributed by atoms with Gasteiger partial charge in [-0.1, -0.05) is 272 Å². The average Bonchev–Trinajstić information content (AvgIpc) is 3.24. The molecule has 6 nitrogen and oxygen atoms in total. The van der Waals surface area contributed by atoms with E-state index < -0.39 is 6.10 Å². The molecule has 0 bridgehead atoms. The van der Waals surface area contributed by atoms with Crippen molar-refractivity contribution < 1.29 is 28.6 Å². The topological polar surface area (TPSA) is 78.9 Å². The second kappa shape index (κ2) is 49.4. The van der Waals surface area contributed by atoms with Crippen molar-refractivity contribution in [3.63, 3.8) is 0 Å². The van der Waals surface area contributed by atoms with Gasteiger partial charge in [0.1, 0.15) is 13.2 Å². The van der Waals surface area contributed by atoms with Gasteiger partial charge < -0.3 is 14.2 Å². The fourth-order valence-electron chi connectivity index (χ4n) is 8.39. The van der Waals surface area contributed by atoms with Crippen LogP contribution in [0.3, 0.4) is 0 Å². The van der Waals surface area contributed by atoms with Gasteiger partial charge in [0.15, 0.2) is 6.10 Å². The Balaban J connectivity index is 4.22. The minimum absolute atomic E-state index is 0.0623. The molecule has 0 heterocycles. The Morgan fingerprint density at radius 3 is 0.803 bits per heavy atom. The van der Waals surface area contributed by atoms with Gasteiger partial charge in [-0.3, -0.25) is 14.4 Å². The lowest BCUT2D eigenvalue weighted by Crippen LogP contribution is -2.30. The third kappa shape index (κ3) is 49.3. The molecule has 0 spiro atoms. The molecule has 6 heteroatoms. The molecule has 0 aliphatic rings. The van der Waals surface area contributed by atoms with Gasteiger partial charge >= 0.3 is 17.9 Å². The van der Waals surface area contributed by atoms with E-state index in [9.17, 15) is 14.4 Å². The summed E-state index contributed by atoms with van der Waals surface area (Å²) in [4.78, 5) is 37.9. The highest BCUT2D eigenvalue weighted by molar-refractivity contribution is 5.71. The monoisotopic (exact) mass is 863 g/mol. The Labute approximate surface area is 380 Å². The molecule has 61 heavy (non-hydrogen) atoms. The molecule has 0 amide bonds. The van der Waals surface area contributed by atoms with E-state index in [-0.39, 0.29) is 31.1 Å². The summed E-state index contributed by atoms with van der Waals surface area (Å²) in [6, 6.07) is 0. The maximum absolute atomic E-state index is 12.8. The Kier molecular flexibility index (Phi) is 48.1. The van der Waals surface area contributed by atoms with Gasteiger partial charge in [-0.05, 0) is 25.2 Å². The van der Waals surface area contributed by atoms with Crippen molar-refractivity contribution in [3.05, 3.63) is 0 Å². The Hall–Kier alpha value is -1.59. The molecule has 1 atom stereocenters. The van der Waals surface area contributed by atoms with Crippen molar-refractivity contribution in [2.24, 2.45) is 5.92 Å². The first-order valence-electron chi connectivity index (χ1n) is 27.4. The van der Waals surface area contributed by atoms with Crippen LogP contribution in [0.5, 0.6) is 0 Å². The highest BCUT2D eigenvalue weighted by Gasteiger charge is 2.19. The molecule has 0 aromatic rings. The quantitative estimate of drug-likeness (QED) is 0.0344. The Bertz CT molecular complexity index is 918. The molecule has 0 aliphatic heterocycles. The van der Waals surface area contributed by atoms with Gasteiger partial charge in [0.2, 0.25) is 0 Å². The van der Waals surface area contributed by atoms with Crippen LogP contribution in [0.4, 0.5) is 0 Å². The summed E-state index contributed by atoms with van der Waals surface area (Å²) >= 11 is 0. The SMILES string of the molecule is CCCCCCCCCCCCCCCCCC(=O)OC[C@H](COC(=O)CCCCCCCCCCC)OC(=O)CCCCCCCCCCCCCCCCCCC(C)C. The zero-order valence-corrected chi connectivity index (χ0v) is 41.6. The molecule has 0 radical (unpaired) electrons. The molecule has 0 saturated heterocycles. The predicted molar refractivity (Wildman–Crippen MR) is 261 cm³/mol. The van der Waals surface area contributed by atoms with E-state index in [4.69, 9.17) is 14.2 Å². The lowest BCUT2D eigenvalue weighted by Gasteiger charge is -2.18. The first kappa shape index (κ1) is 59.4. The van der Waals surface area contributed by atoms with Crippen molar-refractivity contribution in [2.45, 2.75) is 316 Å². The highest BCUT2D eigenvalue weighted by atomic mass is 16.6. The van der Waals surface area contributed by atoms with Crippen LogP contribution in [0.15, 0.2) is 0 Å². The van der Waals surface area contributed by atoms with Crippen molar-refractivity contribution >= 4 is 17.9 Å². The van der Waals surface area contributed by atoms with Gasteiger partial charge in [0.25, 0.3) is 0 Å². The fourth-order valence-corrected chi connectivity index (χ4v) is 8.39. The van der Waals surface area contributed by atoms with E-state index in [1.165, 1.54) is 205 Å². The van der Waals surface area contributed by atoms with Crippen LogP contribution < -0.4 is 0 Å². The average molecular weight is 863 g/mol. The third-order valence-corrected chi connectivity index (χ3v) is 12.5. The first-order valence-corrected chi connectivity index (χ1v) is 27.4. The van der Waals surface area contributed by atoms with Gasteiger partial charge in [-0.25, -0.2) is 0 Å². The van der Waals surface area contributed by atoms with Gasteiger partial charge in [-0.2, -0.15) is 0 Å². The van der Waals surface area contributed by atoms with Crippen LogP contribution in [0.25, 0.3) is 0 Å². The van der Waals surface area contributed by atoms with Crippen LogP contribution >= 0.6 is 0 Å². The largest absolute Gasteiger partial charge is 0.462 e. The third-order valence-electron chi connectivity index (χ3n) is 12.5. The summed E-state index contributed by atoms with van der Waals surface area (Å²) in [6.45, 7) is 9.04. The standard InChI is InChI=1S/C55H106O6/c1-5-7-9-11-13-15-16-17-20-24-27-31-35-39-43-47-54(57)60-50-52(49-59-53(56)46-42-38-34-29-14-12-10-8-6-2)61-55(58)48-44-40-36-32-28-25-22-19-18-21-23-26-30-33-37-41-45-51(3)4/h51-52H,5-50H2,1-4H3/t52-/m0/s1. The smallest absolute Gasteiger partial charge is 0.306 e. The maximum atomic E-state index is 12.8. The lowest BCUT2D eigenvalue weighted by atomic mass is 10.0. The van der Waals surface area contributed by atoms with Gasteiger partial charge in [0.05, 0.1) is 0 Å². The van der Waals surface area contributed by atoms with Crippen LogP contribution in [0.1, 0.15) is 310 Å². The normalized spacial score (nSPS) is 12.0. The second-order valence-electron chi connectivity index (χ2n) is 19.3. The molecule has 0 N–H and O–H groups in total. The van der Waals surface area contributed by atoms with Crippen molar-refractivity contribution in [1.82, 2.24) is 0 Å². The zero-order valence-electron chi connectivity index (χ0n) is 41.6. The number of carbonyl (C=O) groups excluding carboxylic acids is 3. The molecule has 362 valence electrons. The molecule has 0 aliphatic carbocycles. The first-order chi connectivity index (χ1) is 29.9. The number of hydrogen-bond acceptors (Lipinski definition) is 6. The van der Waals surface area contributed by atoms with E-state index in [1.54, 1.807) is 0 Å². The van der Waals surface area contributed by atoms with Crippen LogP contribution in [0.2, 0.25) is 0 Å². The van der Waals surface area contributed by atoms with Gasteiger partial charge in [0, 0.05) is 19.3 Å². The summed E-state index contributed by atoms with van der Waals surface area (Å²) in [5.74, 6) is 0.00952. The van der Waals surface area contributed by atoms with Crippen LogP contribution in [0, 0.1) is 5.92 Å². The van der Waals surface area contributed by atoms with Crippen molar-refractivity contribution in [1.29, 1.82) is 0 Å². The van der Waals surface area contributed by atoms with Crippen molar-refractivity contribution in [3.8, 4) is 0 Å². The van der Waals surface area contributed by atoms with Gasteiger partial charge in [-0.15, -0.1) is 0 Å². The summed E-state index contributed by atoms with van der Waals surface area (Å²) in [5, 5.41) is 0. The molecule has 0 fully saturated rings. The summed E-state index contributed by atoms with van der Waals surface area (Å²) in [6.07, 6.45) is 52.4. The highest BCUT2D eigenvalue weighted by Crippen LogP contribution is 2.17. The van der Waals surface area contributed by atoms with E-state index in [0.29, 0.717) is 19.3 Å². The minimum Gasteiger partial charge on any atom is -0.462 e. The van der Waals surface area contributed by atoms with Crippen LogP contribution in [-0.2, 0) is 28.6 Å².